The molecule has 1 saturated carbocycles. The minimum atomic E-state index is -0.447. The number of nitrogens with one attached hydrogen (secondary N) is 1. The molecule has 6 rings (SSSR count). The third kappa shape index (κ3) is 5.53. The van der Waals surface area contributed by atoms with E-state index in [0.29, 0.717) is 18.7 Å². The Bertz CT molecular complexity index is 1490. The quantitative estimate of drug-likeness (QED) is 0.314. The first-order valence-electron chi connectivity index (χ1n) is 14.5. The normalized spacial score (nSPS) is 18.9. The number of hydrogen-bond donors (Lipinski definition) is 1. The van der Waals surface area contributed by atoms with Gasteiger partial charge in [-0.3, -0.25) is 9.69 Å². The largest absolute Gasteiger partial charge is 0.497 e. The second kappa shape index (κ2) is 11.9. The zero-order chi connectivity index (χ0) is 27.5. The molecular weight excluding hydrogens is 504 g/mol. The standard InChI is InChI=1S/C31H38N6O3/c1-21-8-6-9-23-18-27(31(38)32-28(21)23)29(30-33-34-35-37(30)24-10-4-3-5-11-24)36(20-26-12-7-17-40-26)19-22-13-15-25(39-2)16-14-22/h6,8-9,13-16,18,24,26,29H,3-5,7,10-12,17,19-20H2,1-2H3,(H,32,38)/t26-,29+/m1/s1. The van der Waals surface area contributed by atoms with Gasteiger partial charge in [-0.15, -0.1) is 5.10 Å². The highest BCUT2D eigenvalue weighted by Gasteiger charge is 2.35. The lowest BCUT2D eigenvalue weighted by Crippen LogP contribution is -2.39. The lowest BCUT2D eigenvalue weighted by Gasteiger charge is -2.34. The van der Waals surface area contributed by atoms with Crippen LogP contribution < -0.4 is 10.3 Å². The van der Waals surface area contributed by atoms with Crippen molar-refractivity contribution in [1.82, 2.24) is 30.1 Å². The SMILES string of the molecule is COc1ccc(CN(C[C@H]2CCCO2)[C@@H](c2cc3cccc(C)c3[nH]c2=O)c2nnnn2C2CCCCC2)cc1. The summed E-state index contributed by atoms with van der Waals surface area (Å²) in [5, 5.41) is 14.3. The van der Waals surface area contributed by atoms with Crippen molar-refractivity contribution in [2.45, 2.75) is 76.6 Å². The molecule has 1 N–H and O–H groups in total. The molecule has 210 valence electrons. The number of pyridine rings is 1. The molecule has 9 nitrogen and oxygen atoms in total. The Kier molecular flexibility index (Phi) is 7.93. The summed E-state index contributed by atoms with van der Waals surface area (Å²) in [4.78, 5) is 19.4. The van der Waals surface area contributed by atoms with Gasteiger partial charge < -0.3 is 14.5 Å². The predicted octanol–water partition coefficient (Wildman–Crippen LogP) is 5.11. The van der Waals surface area contributed by atoms with Crippen molar-refractivity contribution in [2.24, 2.45) is 0 Å². The second-order valence-electron chi connectivity index (χ2n) is 11.2. The Balaban J connectivity index is 1.49. The Morgan fingerprint density at radius 2 is 1.93 bits per heavy atom. The molecule has 0 radical (unpaired) electrons. The van der Waals surface area contributed by atoms with Crippen molar-refractivity contribution in [3.8, 4) is 5.75 Å². The van der Waals surface area contributed by atoms with E-state index in [1.54, 1.807) is 7.11 Å². The lowest BCUT2D eigenvalue weighted by atomic mass is 9.94. The number of rotatable bonds is 9. The Hall–Kier alpha value is -3.56. The number of para-hydroxylation sites is 1. The van der Waals surface area contributed by atoms with Crippen molar-refractivity contribution >= 4 is 10.9 Å². The van der Waals surface area contributed by atoms with Gasteiger partial charge in [0.1, 0.15) is 11.8 Å². The van der Waals surface area contributed by atoms with Crippen LogP contribution in [0, 0.1) is 6.92 Å². The third-order valence-corrected chi connectivity index (χ3v) is 8.47. The third-order valence-electron chi connectivity index (χ3n) is 8.47. The minimum absolute atomic E-state index is 0.0848. The average Bonchev–Trinajstić information content (AvgIpc) is 3.68. The molecule has 0 bridgehead atoms. The molecule has 2 aromatic carbocycles. The first-order valence-corrected chi connectivity index (χ1v) is 14.5. The second-order valence-corrected chi connectivity index (χ2v) is 11.2. The van der Waals surface area contributed by atoms with Gasteiger partial charge >= 0.3 is 0 Å². The fourth-order valence-electron chi connectivity index (χ4n) is 6.35. The summed E-state index contributed by atoms with van der Waals surface area (Å²) < 4.78 is 13.5. The van der Waals surface area contributed by atoms with Gasteiger partial charge in [0.15, 0.2) is 5.82 Å². The van der Waals surface area contributed by atoms with E-state index in [9.17, 15) is 4.79 Å². The first-order chi connectivity index (χ1) is 19.6. The van der Waals surface area contributed by atoms with E-state index >= 15 is 0 Å². The molecule has 2 aliphatic rings. The molecule has 2 fully saturated rings. The zero-order valence-electron chi connectivity index (χ0n) is 23.4. The molecule has 0 amide bonds. The number of ether oxygens (including phenoxy) is 2. The summed E-state index contributed by atoms with van der Waals surface area (Å²) in [7, 11) is 1.67. The molecule has 1 aliphatic carbocycles. The summed E-state index contributed by atoms with van der Waals surface area (Å²) in [6.45, 7) is 4.06. The number of hydrogen-bond acceptors (Lipinski definition) is 7. The Morgan fingerprint density at radius 1 is 1.10 bits per heavy atom. The van der Waals surface area contributed by atoms with Crippen molar-refractivity contribution in [1.29, 1.82) is 0 Å². The lowest BCUT2D eigenvalue weighted by molar-refractivity contribution is 0.0567. The monoisotopic (exact) mass is 542 g/mol. The summed E-state index contributed by atoms with van der Waals surface area (Å²) in [6, 6.07) is 16.0. The van der Waals surface area contributed by atoms with Crippen LogP contribution in [0.2, 0.25) is 0 Å². The molecule has 40 heavy (non-hydrogen) atoms. The molecule has 2 aromatic heterocycles. The number of benzene rings is 2. The Morgan fingerprint density at radius 3 is 2.67 bits per heavy atom. The van der Waals surface area contributed by atoms with E-state index in [1.807, 2.05) is 41.9 Å². The van der Waals surface area contributed by atoms with E-state index in [0.717, 1.165) is 78.7 Å². The van der Waals surface area contributed by atoms with Gasteiger partial charge in [-0.1, -0.05) is 49.6 Å². The number of tetrazole rings is 1. The number of nitrogens with zero attached hydrogens (tertiary/aromatic N) is 5. The molecule has 1 saturated heterocycles. The van der Waals surface area contributed by atoms with Crippen molar-refractivity contribution in [3.05, 3.63) is 81.4 Å². The molecule has 0 unspecified atom stereocenters. The molecule has 4 aromatic rings. The highest BCUT2D eigenvalue weighted by Crippen LogP contribution is 2.35. The van der Waals surface area contributed by atoms with Gasteiger partial charge in [0, 0.05) is 25.3 Å². The number of methoxy groups -OCH3 is 1. The van der Waals surface area contributed by atoms with Gasteiger partial charge in [-0.25, -0.2) is 4.68 Å². The van der Waals surface area contributed by atoms with Crippen LogP contribution in [0.4, 0.5) is 0 Å². The molecule has 9 heteroatoms. The van der Waals surface area contributed by atoms with Gasteiger partial charge in [-0.05, 0) is 77.7 Å². The van der Waals surface area contributed by atoms with Gasteiger partial charge in [0.05, 0.1) is 24.8 Å². The first kappa shape index (κ1) is 26.7. The number of H-pyrrole nitrogens is 1. The fourth-order valence-corrected chi connectivity index (χ4v) is 6.35. The molecule has 0 spiro atoms. The van der Waals surface area contributed by atoms with Crippen molar-refractivity contribution in [2.75, 3.05) is 20.3 Å². The average molecular weight is 543 g/mol. The van der Waals surface area contributed by atoms with Crippen LogP contribution >= 0.6 is 0 Å². The minimum Gasteiger partial charge on any atom is -0.497 e. The maximum Gasteiger partial charge on any atom is 0.253 e. The van der Waals surface area contributed by atoms with Crippen LogP contribution in [-0.2, 0) is 11.3 Å². The molecule has 1 aliphatic heterocycles. The maximum atomic E-state index is 13.9. The Labute approximate surface area is 234 Å². The van der Waals surface area contributed by atoms with Crippen LogP contribution in [0.15, 0.2) is 53.3 Å². The number of aryl methyl sites for hydroxylation is 1. The van der Waals surface area contributed by atoms with Crippen LogP contribution in [0.25, 0.3) is 10.9 Å². The van der Waals surface area contributed by atoms with Gasteiger partial charge in [0.2, 0.25) is 0 Å². The van der Waals surface area contributed by atoms with E-state index < -0.39 is 6.04 Å². The van der Waals surface area contributed by atoms with E-state index in [1.165, 1.54) is 6.42 Å². The number of aromatic nitrogens is 5. The molecule has 2 atom stereocenters. The highest BCUT2D eigenvalue weighted by atomic mass is 16.5. The summed E-state index contributed by atoms with van der Waals surface area (Å²) >= 11 is 0. The maximum absolute atomic E-state index is 13.9. The fraction of sp³-hybridized carbons (Fsp3) is 0.484. The van der Waals surface area contributed by atoms with Crippen LogP contribution in [0.3, 0.4) is 0 Å². The predicted molar refractivity (Wildman–Crippen MR) is 153 cm³/mol. The van der Waals surface area contributed by atoms with E-state index in [-0.39, 0.29) is 17.7 Å². The van der Waals surface area contributed by atoms with E-state index in [2.05, 4.69) is 43.6 Å². The zero-order valence-corrected chi connectivity index (χ0v) is 23.4. The van der Waals surface area contributed by atoms with Crippen molar-refractivity contribution < 1.29 is 9.47 Å². The van der Waals surface area contributed by atoms with Gasteiger partial charge in [-0.2, -0.15) is 0 Å². The summed E-state index contributed by atoms with van der Waals surface area (Å²) in [5.41, 5.74) is 3.56. The summed E-state index contributed by atoms with van der Waals surface area (Å²) in [6.07, 6.45) is 7.77. The van der Waals surface area contributed by atoms with Crippen molar-refractivity contribution in [3.63, 3.8) is 0 Å². The topological polar surface area (TPSA) is 98.2 Å². The van der Waals surface area contributed by atoms with Gasteiger partial charge in [0.25, 0.3) is 5.56 Å². The van der Waals surface area contributed by atoms with Crippen LogP contribution in [0.5, 0.6) is 5.75 Å². The van der Waals surface area contributed by atoms with E-state index in [4.69, 9.17) is 9.47 Å². The van der Waals surface area contributed by atoms with Crippen LogP contribution in [0.1, 0.15) is 79.5 Å². The summed E-state index contributed by atoms with van der Waals surface area (Å²) in [5.74, 6) is 1.53. The molecule has 3 heterocycles. The smallest absolute Gasteiger partial charge is 0.253 e. The van der Waals surface area contributed by atoms with Crippen LogP contribution in [-0.4, -0.2) is 56.5 Å². The highest BCUT2D eigenvalue weighted by molar-refractivity contribution is 5.82. The molecular formula is C31H38N6O3. The number of aromatic amines is 1. The number of fused-ring (bicyclic) bond motifs is 1.